The zero-order valence-corrected chi connectivity index (χ0v) is 10.7. The second kappa shape index (κ2) is 5.41. The van der Waals surface area contributed by atoms with E-state index in [1.54, 1.807) is 12.1 Å². The third kappa shape index (κ3) is 2.76. The van der Waals surface area contributed by atoms with Gasteiger partial charge in [0.05, 0.1) is 6.04 Å². The molecule has 2 aromatic carbocycles. The monoisotopic (exact) mass is 256 g/mol. The maximum absolute atomic E-state index is 13.2. The largest absolute Gasteiger partial charge is 0.378 e. The van der Waals surface area contributed by atoms with Crippen LogP contribution >= 0.6 is 0 Å². The van der Waals surface area contributed by atoms with Crippen molar-refractivity contribution < 1.29 is 4.39 Å². The zero-order valence-electron chi connectivity index (χ0n) is 10.7. The molecule has 3 rings (SSSR count). The molecule has 19 heavy (non-hydrogen) atoms. The molecule has 2 aromatic rings. The lowest BCUT2D eigenvalue weighted by molar-refractivity contribution is 0.623. The second-order valence-corrected chi connectivity index (χ2v) is 4.87. The number of hydrogen-bond acceptors (Lipinski definition) is 2. The Morgan fingerprint density at radius 3 is 2.89 bits per heavy atom. The highest BCUT2D eigenvalue weighted by Gasteiger charge is 2.17. The van der Waals surface area contributed by atoms with Gasteiger partial charge in [0.2, 0.25) is 0 Å². The van der Waals surface area contributed by atoms with Crippen LogP contribution in [0.5, 0.6) is 0 Å². The van der Waals surface area contributed by atoms with Gasteiger partial charge in [0.15, 0.2) is 0 Å². The van der Waals surface area contributed by atoms with Crippen molar-refractivity contribution >= 4 is 5.69 Å². The molecule has 0 fully saturated rings. The van der Waals surface area contributed by atoms with Gasteiger partial charge < -0.3 is 10.6 Å². The lowest BCUT2D eigenvalue weighted by Gasteiger charge is -2.20. The number of rotatable bonds is 2. The average molecular weight is 256 g/mol. The molecule has 2 N–H and O–H groups in total. The van der Waals surface area contributed by atoms with E-state index in [0.29, 0.717) is 0 Å². The Bertz CT molecular complexity index is 568. The first-order valence-electron chi connectivity index (χ1n) is 6.63. The number of anilines is 1. The third-order valence-corrected chi connectivity index (χ3v) is 3.52. The summed E-state index contributed by atoms with van der Waals surface area (Å²) in [5, 5.41) is 6.85. The molecule has 98 valence electrons. The van der Waals surface area contributed by atoms with Crippen molar-refractivity contribution in [2.24, 2.45) is 0 Å². The maximum Gasteiger partial charge on any atom is 0.125 e. The zero-order chi connectivity index (χ0) is 13.1. The minimum absolute atomic E-state index is 0.204. The van der Waals surface area contributed by atoms with E-state index in [2.05, 4.69) is 34.9 Å². The van der Waals surface area contributed by atoms with Crippen molar-refractivity contribution in [1.82, 2.24) is 5.32 Å². The Morgan fingerprint density at radius 1 is 1.11 bits per heavy atom. The van der Waals surface area contributed by atoms with Gasteiger partial charge in [0.25, 0.3) is 0 Å². The fraction of sp³-hybridized carbons (Fsp3) is 0.250. The van der Waals surface area contributed by atoms with Crippen LogP contribution in [-0.4, -0.2) is 6.54 Å². The number of fused-ring (bicyclic) bond motifs is 1. The summed E-state index contributed by atoms with van der Waals surface area (Å²) < 4.78 is 13.2. The predicted octanol–water partition coefficient (Wildman–Crippen LogP) is 3.47. The SMILES string of the molecule is Fc1cccc(NC2CCNCc3ccccc32)c1. The third-order valence-electron chi connectivity index (χ3n) is 3.52. The molecule has 3 heteroatoms. The quantitative estimate of drug-likeness (QED) is 0.859. The molecule has 1 aliphatic heterocycles. The summed E-state index contributed by atoms with van der Waals surface area (Å²) >= 11 is 0. The van der Waals surface area contributed by atoms with Crippen molar-refractivity contribution in [2.75, 3.05) is 11.9 Å². The van der Waals surface area contributed by atoms with E-state index in [-0.39, 0.29) is 11.9 Å². The van der Waals surface area contributed by atoms with Crippen LogP contribution < -0.4 is 10.6 Å². The number of hydrogen-bond donors (Lipinski definition) is 2. The summed E-state index contributed by atoms with van der Waals surface area (Å²) in [4.78, 5) is 0. The second-order valence-electron chi connectivity index (χ2n) is 4.87. The molecule has 0 spiro atoms. The minimum Gasteiger partial charge on any atom is -0.378 e. The normalized spacial score (nSPS) is 18.5. The first-order valence-corrected chi connectivity index (χ1v) is 6.63. The molecule has 0 saturated carbocycles. The average Bonchev–Trinajstić information content (AvgIpc) is 2.62. The standard InChI is InChI=1S/C16H17FN2/c17-13-5-3-6-14(10-13)19-16-8-9-18-11-12-4-1-2-7-15(12)16/h1-7,10,16,18-19H,8-9,11H2. The molecule has 0 aliphatic carbocycles. The summed E-state index contributed by atoms with van der Waals surface area (Å²) in [6, 6.07) is 15.3. The number of nitrogens with one attached hydrogen (secondary N) is 2. The van der Waals surface area contributed by atoms with Crippen LogP contribution in [0.3, 0.4) is 0 Å². The molecule has 0 saturated heterocycles. The van der Waals surface area contributed by atoms with Gasteiger partial charge in [-0.25, -0.2) is 4.39 Å². The Balaban J connectivity index is 1.88. The van der Waals surface area contributed by atoms with E-state index >= 15 is 0 Å². The predicted molar refractivity (Wildman–Crippen MR) is 75.5 cm³/mol. The van der Waals surface area contributed by atoms with Gasteiger partial charge in [-0.05, 0) is 42.3 Å². The van der Waals surface area contributed by atoms with Crippen LogP contribution in [-0.2, 0) is 6.54 Å². The van der Waals surface area contributed by atoms with Gasteiger partial charge in [-0.2, -0.15) is 0 Å². The lowest BCUT2D eigenvalue weighted by atomic mass is 9.99. The number of halogens is 1. The van der Waals surface area contributed by atoms with Crippen LogP contribution in [0.25, 0.3) is 0 Å². The Labute approximate surface area is 112 Å². The Hall–Kier alpha value is -1.87. The first-order chi connectivity index (χ1) is 9.33. The fourth-order valence-corrected chi connectivity index (χ4v) is 2.59. The van der Waals surface area contributed by atoms with Crippen LogP contribution in [0, 0.1) is 5.82 Å². The van der Waals surface area contributed by atoms with Gasteiger partial charge >= 0.3 is 0 Å². The molecule has 1 atom stereocenters. The van der Waals surface area contributed by atoms with E-state index < -0.39 is 0 Å². The summed E-state index contributed by atoms with van der Waals surface area (Å²) in [5.74, 6) is -0.204. The molecular weight excluding hydrogens is 239 g/mol. The van der Waals surface area contributed by atoms with Crippen LogP contribution in [0.4, 0.5) is 10.1 Å². The molecule has 1 aliphatic rings. The van der Waals surface area contributed by atoms with Crippen LogP contribution in [0.1, 0.15) is 23.6 Å². The molecule has 2 nitrogen and oxygen atoms in total. The van der Waals surface area contributed by atoms with Crippen molar-refractivity contribution in [2.45, 2.75) is 19.0 Å². The van der Waals surface area contributed by atoms with E-state index in [4.69, 9.17) is 0 Å². The highest BCUT2D eigenvalue weighted by molar-refractivity contribution is 5.47. The smallest absolute Gasteiger partial charge is 0.125 e. The molecular formula is C16H17FN2. The highest BCUT2D eigenvalue weighted by Crippen LogP contribution is 2.27. The Kier molecular flexibility index (Phi) is 3.47. The van der Waals surface area contributed by atoms with Crippen molar-refractivity contribution in [1.29, 1.82) is 0 Å². The van der Waals surface area contributed by atoms with E-state index in [1.807, 2.05) is 6.07 Å². The molecule has 1 unspecified atom stereocenters. The van der Waals surface area contributed by atoms with Crippen molar-refractivity contribution in [3.05, 3.63) is 65.5 Å². The van der Waals surface area contributed by atoms with Gasteiger partial charge in [-0.1, -0.05) is 30.3 Å². The van der Waals surface area contributed by atoms with Gasteiger partial charge in [0, 0.05) is 12.2 Å². The van der Waals surface area contributed by atoms with E-state index in [1.165, 1.54) is 17.2 Å². The fourth-order valence-electron chi connectivity index (χ4n) is 2.59. The Morgan fingerprint density at radius 2 is 2.00 bits per heavy atom. The molecule has 1 heterocycles. The van der Waals surface area contributed by atoms with E-state index in [9.17, 15) is 4.39 Å². The van der Waals surface area contributed by atoms with Gasteiger partial charge in [-0.3, -0.25) is 0 Å². The first kappa shape index (κ1) is 12.2. The lowest BCUT2D eigenvalue weighted by Crippen LogP contribution is -2.15. The summed E-state index contributed by atoms with van der Waals surface area (Å²) in [7, 11) is 0. The summed E-state index contributed by atoms with van der Waals surface area (Å²) in [6.07, 6.45) is 0.994. The van der Waals surface area contributed by atoms with Gasteiger partial charge in [0.1, 0.15) is 5.82 Å². The van der Waals surface area contributed by atoms with Crippen molar-refractivity contribution in [3.63, 3.8) is 0 Å². The van der Waals surface area contributed by atoms with Gasteiger partial charge in [-0.15, -0.1) is 0 Å². The van der Waals surface area contributed by atoms with Crippen LogP contribution in [0.2, 0.25) is 0 Å². The molecule has 0 amide bonds. The molecule has 0 bridgehead atoms. The number of benzene rings is 2. The highest BCUT2D eigenvalue weighted by atomic mass is 19.1. The summed E-state index contributed by atoms with van der Waals surface area (Å²) in [6.45, 7) is 1.86. The minimum atomic E-state index is -0.204. The molecule has 0 aromatic heterocycles. The van der Waals surface area contributed by atoms with Crippen LogP contribution in [0.15, 0.2) is 48.5 Å². The topological polar surface area (TPSA) is 24.1 Å². The van der Waals surface area contributed by atoms with Crippen molar-refractivity contribution in [3.8, 4) is 0 Å². The van der Waals surface area contributed by atoms with E-state index in [0.717, 1.165) is 25.2 Å². The molecule has 0 radical (unpaired) electrons. The maximum atomic E-state index is 13.2. The summed E-state index contributed by atoms with van der Waals surface area (Å²) in [5.41, 5.74) is 3.45.